The molecular formula is C46H31CrN10O14+. The van der Waals surface area contributed by atoms with E-state index in [1.54, 1.807) is 109 Å². The molecule has 0 bridgehead atoms. The quantitative estimate of drug-likeness (QED) is 0.0301. The van der Waals surface area contributed by atoms with E-state index in [4.69, 9.17) is 0 Å². The van der Waals surface area contributed by atoms with E-state index < -0.39 is 88.7 Å². The molecule has 0 atom stereocenters. The first kappa shape index (κ1) is 50.2. The van der Waals surface area contributed by atoms with Gasteiger partial charge in [0.15, 0.2) is 0 Å². The molecule has 6 aromatic carbocycles. The van der Waals surface area contributed by atoms with Crippen LogP contribution in [-0.2, 0) is 36.5 Å². The van der Waals surface area contributed by atoms with Gasteiger partial charge < -0.3 is 20.8 Å². The minimum Gasteiger partial charge on any atom is -0.501 e. The van der Waals surface area contributed by atoms with Crippen molar-refractivity contribution in [2.24, 2.45) is 10.2 Å². The number of Topliss-reactive ketones (excluding diaryl/α,β-unsaturated/α-hetero) is 2. The van der Waals surface area contributed by atoms with E-state index in [1.165, 1.54) is 12.2 Å². The first-order valence-electron chi connectivity index (χ1n) is 20.0. The van der Waals surface area contributed by atoms with Gasteiger partial charge in [-0.05, 0) is 47.5 Å². The van der Waals surface area contributed by atoms with Crippen LogP contribution in [0.3, 0.4) is 0 Å². The molecule has 0 aromatic heterocycles. The summed E-state index contributed by atoms with van der Waals surface area (Å²) in [5.74, 6) is -4.69. The molecule has 2 aliphatic carbocycles. The molecule has 0 saturated heterocycles. The van der Waals surface area contributed by atoms with E-state index >= 15 is 0 Å². The van der Waals surface area contributed by atoms with Gasteiger partial charge in [0.2, 0.25) is 23.1 Å². The minimum atomic E-state index is -0.990. The van der Waals surface area contributed by atoms with Crippen LogP contribution in [0, 0.1) is 40.5 Å². The van der Waals surface area contributed by atoms with Crippen molar-refractivity contribution in [1.82, 2.24) is 0 Å². The molecule has 25 heteroatoms. The summed E-state index contributed by atoms with van der Waals surface area (Å²) in [4.78, 5) is 93.0. The van der Waals surface area contributed by atoms with Crippen LogP contribution in [0.1, 0.15) is 23.7 Å². The van der Waals surface area contributed by atoms with Crippen molar-refractivity contribution in [3.63, 3.8) is 0 Å². The molecule has 354 valence electrons. The molecule has 71 heavy (non-hydrogen) atoms. The Morgan fingerprint density at radius 1 is 0.493 bits per heavy atom. The Kier molecular flexibility index (Phi) is 15.3. The summed E-state index contributed by atoms with van der Waals surface area (Å²) in [5, 5.41) is 78.3. The van der Waals surface area contributed by atoms with Crippen LogP contribution in [0.15, 0.2) is 155 Å². The maximum Gasteiger partial charge on any atom is 1.00 e. The standard InChI is InChI=1S/2C23H15N5O7.Cr/c2*29-21-17(23(31)24-14-7-2-1-3-8-14)10-13-6-4-5-9-16(13)20(21)26-25-18-11-15(27(32)33)12-19(22(18)30)28(34)35;/h2*1-12,25,30H,(H,24,31);/p+1/b2*26-20-;. The fourth-order valence-corrected chi connectivity index (χ4v) is 6.72. The molecule has 0 aliphatic heterocycles. The van der Waals surface area contributed by atoms with E-state index in [0.29, 0.717) is 45.8 Å². The second-order valence-corrected chi connectivity index (χ2v) is 14.5. The van der Waals surface area contributed by atoms with Gasteiger partial charge in [-0.3, -0.25) is 70.5 Å². The topological polar surface area (TPSA) is 354 Å². The number of fused-ring (bicyclic) bond motifs is 2. The molecule has 0 saturated carbocycles. The molecular weight excluding hydrogens is 969 g/mol. The zero-order valence-corrected chi connectivity index (χ0v) is 37.0. The number of non-ortho nitro benzene ring substituents is 2. The van der Waals surface area contributed by atoms with E-state index in [2.05, 4.69) is 31.7 Å². The zero-order valence-electron chi connectivity index (χ0n) is 36.7. The molecule has 2 aliphatic rings. The smallest absolute Gasteiger partial charge is 0.501 e. The Hall–Kier alpha value is -10.2. The van der Waals surface area contributed by atoms with Gasteiger partial charge in [-0.1, -0.05) is 84.9 Å². The fraction of sp³-hybridized carbons (Fsp3) is 0. The summed E-state index contributed by atoms with van der Waals surface area (Å²) < 4.78 is 0. The number of hydrogen-bond donors (Lipinski definition) is 6. The van der Waals surface area contributed by atoms with Crippen LogP contribution >= 0.6 is 0 Å². The van der Waals surface area contributed by atoms with Gasteiger partial charge in [0.05, 0.1) is 43.0 Å². The van der Waals surface area contributed by atoms with E-state index in [0.717, 1.165) is 12.1 Å². The van der Waals surface area contributed by atoms with Crippen molar-refractivity contribution in [3.05, 3.63) is 207 Å². The third-order valence-electron chi connectivity index (χ3n) is 10.0. The Morgan fingerprint density at radius 3 is 1.17 bits per heavy atom. The molecule has 0 fully saturated rings. The molecule has 6 N–H and O–H groups in total. The SMILES string of the molecule is O=C(Nc1ccccc1)C1=Cc2ccccc2/C(=N/Nc2cc([N+](=O)[O-])cc([N+](=O)[O-])c2O)C1=O.O=C(Nc1ccccc1)C1=Cc2ccccc2/C(=N/Nc2cc([N+](=O)[O-])cc([N+](=O)[O-])c2O)C1=O.[Cr].[H+]. The second-order valence-electron chi connectivity index (χ2n) is 14.5. The first-order chi connectivity index (χ1) is 33.5. The van der Waals surface area contributed by atoms with Crippen LogP contribution in [0.4, 0.5) is 45.5 Å². The molecule has 0 heterocycles. The zero-order chi connectivity index (χ0) is 50.2. The van der Waals surface area contributed by atoms with Gasteiger partial charge in [0.1, 0.15) is 22.8 Å². The summed E-state index contributed by atoms with van der Waals surface area (Å²) in [6, 6.07) is 33.0. The largest absolute Gasteiger partial charge is 1.00 e. The van der Waals surface area contributed by atoms with E-state index in [-0.39, 0.29) is 41.4 Å². The number of phenolic OH excluding ortho intramolecular Hbond substituents is 2. The predicted molar refractivity (Wildman–Crippen MR) is 253 cm³/mol. The predicted octanol–water partition coefficient (Wildman–Crippen LogP) is 7.37. The molecule has 0 spiro atoms. The van der Waals surface area contributed by atoms with Crippen molar-refractivity contribution in [2.45, 2.75) is 0 Å². The fourth-order valence-electron chi connectivity index (χ4n) is 6.72. The number of nitro groups is 4. The monoisotopic (exact) mass is 999 g/mol. The normalized spacial score (nSPS) is 13.4. The van der Waals surface area contributed by atoms with Crippen molar-refractivity contribution in [1.29, 1.82) is 0 Å². The van der Waals surface area contributed by atoms with Crippen molar-refractivity contribution in [2.75, 3.05) is 21.5 Å². The summed E-state index contributed by atoms with van der Waals surface area (Å²) in [5.41, 5.74) is 2.24. The maximum absolute atomic E-state index is 13.2. The number of hydrazone groups is 2. The molecule has 0 unspecified atom stereocenters. The maximum atomic E-state index is 13.2. The van der Waals surface area contributed by atoms with Crippen LogP contribution in [0.2, 0.25) is 0 Å². The van der Waals surface area contributed by atoms with Crippen LogP contribution in [0.5, 0.6) is 11.5 Å². The van der Waals surface area contributed by atoms with Crippen molar-refractivity contribution >= 4 is 92.5 Å². The number of rotatable bonds is 12. The average Bonchev–Trinajstić information content (AvgIpc) is 3.34. The summed E-state index contributed by atoms with van der Waals surface area (Å²) in [6.07, 6.45) is 2.81. The number of para-hydroxylation sites is 2. The number of hydrogen-bond acceptors (Lipinski definition) is 18. The number of nitrogens with one attached hydrogen (secondary N) is 4. The van der Waals surface area contributed by atoms with Crippen molar-refractivity contribution in [3.8, 4) is 11.5 Å². The Labute approximate surface area is 409 Å². The Morgan fingerprint density at radius 2 is 0.831 bits per heavy atom. The number of nitrogens with zero attached hydrogens (tertiary/aromatic N) is 6. The number of benzene rings is 6. The third-order valence-corrected chi connectivity index (χ3v) is 10.0. The van der Waals surface area contributed by atoms with Gasteiger partial charge in [0.25, 0.3) is 23.2 Å². The minimum absolute atomic E-state index is 0. The number of aromatic hydroxyl groups is 2. The number of carbonyl (C=O) groups excluding carboxylic acids is 4. The summed E-state index contributed by atoms with van der Waals surface area (Å²) in [6.45, 7) is 0. The molecule has 2 amide bonds. The molecule has 6 aromatic rings. The number of anilines is 4. The van der Waals surface area contributed by atoms with Crippen LogP contribution in [0.25, 0.3) is 12.2 Å². The van der Waals surface area contributed by atoms with Gasteiger partial charge >= 0.3 is 12.8 Å². The Balaban J connectivity index is 0.000000260. The number of ketones is 2. The van der Waals surface area contributed by atoms with Gasteiger partial charge in [-0.15, -0.1) is 0 Å². The second kappa shape index (κ2) is 21.6. The number of amides is 2. The number of phenols is 2. The van der Waals surface area contributed by atoms with Gasteiger partial charge in [-0.2, -0.15) is 10.2 Å². The van der Waals surface area contributed by atoms with Gasteiger partial charge in [0, 0.05) is 52.0 Å². The molecule has 24 nitrogen and oxygen atoms in total. The number of carbonyl (C=O) groups is 4. The van der Waals surface area contributed by atoms with Crippen LogP contribution < -0.4 is 21.5 Å². The average molecular weight is 1000 g/mol. The third kappa shape index (κ3) is 11.1. The van der Waals surface area contributed by atoms with Gasteiger partial charge in [-0.25, -0.2) is 0 Å². The van der Waals surface area contributed by atoms with E-state index in [1.807, 2.05) is 0 Å². The summed E-state index contributed by atoms with van der Waals surface area (Å²) in [7, 11) is 0. The van der Waals surface area contributed by atoms with E-state index in [9.17, 15) is 69.8 Å². The summed E-state index contributed by atoms with van der Waals surface area (Å²) >= 11 is 0. The molecule has 0 radical (unpaired) electrons. The molecule has 8 rings (SSSR count). The van der Waals surface area contributed by atoms with Crippen LogP contribution in [-0.4, -0.2) is 64.7 Å². The van der Waals surface area contributed by atoms with Crippen molar-refractivity contribution < 1.29 is 67.9 Å². The number of nitro benzene ring substituents is 4. The Bertz CT molecular complexity index is 3130. The first-order valence-corrected chi connectivity index (χ1v) is 20.0.